The third kappa shape index (κ3) is 2.97. The van der Waals surface area contributed by atoms with Crippen molar-refractivity contribution in [3.8, 4) is 0 Å². The molecule has 0 atom stereocenters. The minimum absolute atomic E-state index is 0.0494. The molecule has 0 radical (unpaired) electrons. The highest BCUT2D eigenvalue weighted by Gasteiger charge is 2.33. The molecular formula is C13H17ClN2O. The molecule has 2 rings (SSSR count). The SMILES string of the molecule is CCCCN(C(=O)c1ccncc1Cl)C1CC1. The summed E-state index contributed by atoms with van der Waals surface area (Å²) in [6, 6.07) is 2.13. The second-order valence-electron chi connectivity index (χ2n) is 4.44. The molecule has 0 N–H and O–H groups in total. The van der Waals surface area contributed by atoms with Gasteiger partial charge in [-0.3, -0.25) is 9.78 Å². The highest BCUT2D eigenvalue weighted by Crippen LogP contribution is 2.29. The molecule has 0 saturated heterocycles. The van der Waals surface area contributed by atoms with Gasteiger partial charge < -0.3 is 4.90 Å². The van der Waals surface area contributed by atoms with Crippen LogP contribution in [0.15, 0.2) is 18.5 Å². The molecule has 1 aromatic rings. The Kier molecular flexibility index (Phi) is 4.00. The zero-order valence-electron chi connectivity index (χ0n) is 10.0. The molecule has 1 amide bonds. The zero-order chi connectivity index (χ0) is 12.3. The number of unbranched alkanes of at least 4 members (excludes halogenated alkanes) is 1. The van der Waals surface area contributed by atoms with Gasteiger partial charge in [-0.2, -0.15) is 0 Å². The smallest absolute Gasteiger partial charge is 0.255 e. The molecule has 1 aliphatic rings. The van der Waals surface area contributed by atoms with Crippen LogP contribution in [0, 0.1) is 0 Å². The van der Waals surface area contributed by atoms with Crippen LogP contribution in [0.2, 0.25) is 5.02 Å². The fourth-order valence-electron chi connectivity index (χ4n) is 1.87. The number of pyridine rings is 1. The van der Waals surface area contributed by atoms with E-state index in [4.69, 9.17) is 11.6 Å². The maximum absolute atomic E-state index is 12.4. The average molecular weight is 253 g/mol. The summed E-state index contributed by atoms with van der Waals surface area (Å²) in [6.07, 6.45) is 7.53. The second-order valence-corrected chi connectivity index (χ2v) is 4.85. The highest BCUT2D eigenvalue weighted by atomic mass is 35.5. The minimum Gasteiger partial charge on any atom is -0.336 e. The van der Waals surface area contributed by atoms with Crippen LogP contribution < -0.4 is 0 Å². The Morgan fingerprint density at radius 1 is 1.59 bits per heavy atom. The van der Waals surface area contributed by atoms with Crippen molar-refractivity contribution < 1.29 is 4.79 Å². The van der Waals surface area contributed by atoms with Crippen LogP contribution in [0.3, 0.4) is 0 Å². The standard InChI is InChI=1S/C13H17ClN2O/c1-2-3-8-16(10-4-5-10)13(17)11-6-7-15-9-12(11)14/h6-7,9-10H,2-5,8H2,1H3. The van der Waals surface area contributed by atoms with Gasteiger partial charge in [0.15, 0.2) is 0 Å². The molecule has 0 spiro atoms. The molecule has 3 nitrogen and oxygen atoms in total. The Hall–Kier alpha value is -1.09. The van der Waals surface area contributed by atoms with Crippen molar-refractivity contribution in [2.75, 3.05) is 6.54 Å². The van der Waals surface area contributed by atoms with Crippen molar-refractivity contribution in [2.45, 2.75) is 38.6 Å². The van der Waals surface area contributed by atoms with E-state index in [2.05, 4.69) is 11.9 Å². The minimum atomic E-state index is 0.0494. The van der Waals surface area contributed by atoms with Crippen LogP contribution in [0.5, 0.6) is 0 Å². The molecule has 1 aromatic heterocycles. The van der Waals surface area contributed by atoms with E-state index in [1.807, 2.05) is 4.90 Å². The fraction of sp³-hybridized carbons (Fsp3) is 0.538. The van der Waals surface area contributed by atoms with Crippen molar-refractivity contribution in [1.29, 1.82) is 0 Å². The Balaban J connectivity index is 2.13. The van der Waals surface area contributed by atoms with Gasteiger partial charge in [-0.1, -0.05) is 24.9 Å². The molecule has 0 unspecified atom stereocenters. The maximum Gasteiger partial charge on any atom is 0.255 e. The summed E-state index contributed by atoms with van der Waals surface area (Å²) in [5.41, 5.74) is 0.574. The van der Waals surface area contributed by atoms with Gasteiger partial charge in [-0.05, 0) is 25.3 Å². The van der Waals surface area contributed by atoms with Gasteiger partial charge in [0.25, 0.3) is 5.91 Å². The normalized spacial score (nSPS) is 14.7. The molecule has 1 heterocycles. The predicted octanol–water partition coefficient (Wildman–Crippen LogP) is 3.14. The Bertz CT molecular complexity index is 404. The second kappa shape index (κ2) is 5.50. The molecule has 0 bridgehead atoms. The van der Waals surface area contributed by atoms with Crippen molar-refractivity contribution in [3.05, 3.63) is 29.0 Å². The summed E-state index contributed by atoms with van der Waals surface area (Å²) in [7, 11) is 0. The van der Waals surface area contributed by atoms with E-state index < -0.39 is 0 Å². The van der Waals surface area contributed by atoms with Crippen LogP contribution in [0.25, 0.3) is 0 Å². The molecule has 1 fully saturated rings. The summed E-state index contributed by atoms with van der Waals surface area (Å²) in [5.74, 6) is 0.0494. The van der Waals surface area contributed by atoms with Gasteiger partial charge in [0.2, 0.25) is 0 Å². The van der Waals surface area contributed by atoms with E-state index in [1.54, 1.807) is 12.3 Å². The van der Waals surface area contributed by atoms with E-state index >= 15 is 0 Å². The number of hydrogen-bond acceptors (Lipinski definition) is 2. The quantitative estimate of drug-likeness (QED) is 0.807. The monoisotopic (exact) mass is 252 g/mol. The Labute approximate surface area is 107 Å². The number of hydrogen-bond donors (Lipinski definition) is 0. The topological polar surface area (TPSA) is 33.2 Å². The summed E-state index contributed by atoms with van der Waals surface area (Å²) in [4.78, 5) is 18.2. The first kappa shape index (κ1) is 12.4. The van der Waals surface area contributed by atoms with Gasteiger partial charge in [-0.25, -0.2) is 0 Å². The third-order valence-corrected chi connectivity index (χ3v) is 3.31. The first-order chi connectivity index (χ1) is 8.24. The lowest BCUT2D eigenvalue weighted by Gasteiger charge is -2.22. The van der Waals surface area contributed by atoms with Crippen LogP contribution in [-0.2, 0) is 0 Å². The van der Waals surface area contributed by atoms with Crippen LogP contribution >= 0.6 is 11.6 Å². The molecule has 1 aliphatic carbocycles. The lowest BCUT2D eigenvalue weighted by molar-refractivity contribution is 0.0741. The average Bonchev–Trinajstić information content (AvgIpc) is 3.14. The number of rotatable bonds is 5. The molecule has 0 aliphatic heterocycles. The first-order valence-corrected chi connectivity index (χ1v) is 6.52. The molecule has 1 saturated carbocycles. The maximum atomic E-state index is 12.4. The van der Waals surface area contributed by atoms with Crippen molar-refractivity contribution >= 4 is 17.5 Å². The van der Waals surface area contributed by atoms with Crippen molar-refractivity contribution in [2.24, 2.45) is 0 Å². The Morgan fingerprint density at radius 3 is 2.94 bits per heavy atom. The molecule has 17 heavy (non-hydrogen) atoms. The summed E-state index contributed by atoms with van der Waals surface area (Å²) in [5, 5.41) is 0.444. The van der Waals surface area contributed by atoms with Crippen molar-refractivity contribution in [1.82, 2.24) is 9.88 Å². The van der Waals surface area contributed by atoms with Crippen molar-refractivity contribution in [3.63, 3.8) is 0 Å². The van der Waals surface area contributed by atoms with E-state index in [0.29, 0.717) is 16.6 Å². The van der Waals surface area contributed by atoms with Crippen LogP contribution in [-0.4, -0.2) is 28.4 Å². The number of halogens is 1. The molecular weight excluding hydrogens is 236 g/mol. The number of carbonyl (C=O) groups excluding carboxylic acids is 1. The zero-order valence-corrected chi connectivity index (χ0v) is 10.8. The van der Waals surface area contributed by atoms with E-state index in [1.165, 1.54) is 6.20 Å². The lowest BCUT2D eigenvalue weighted by Crippen LogP contribution is -2.34. The van der Waals surface area contributed by atoms with E-state index in [0.717, 1.165) is 32.2 Å². The van der Waals surface area contributed by atoms with E-state index in [9.17, 15) is 4.79 Å². The van der Waals surface area contributed by atoms with Gasteiger partial charge in [-0.15, -0.1) is 0 Å². The van der Waals surface area contributed by atoms with Gasteiger partial charge in [0.05, 0.1) is 10.6 Å². The summed E-state index contributed by atoms with van der Waals surface area (Å²) in [6.45, 7) is 2.97. The molecule has 4 heteroatoms. The number of nitrogens with zero attached hydrogens (tertiary/aromatic N) is 2. The predicted molar refractivity (Wildman–Crippen MR) is 68.2 cm³/mol. The van der Waals surface area contributed by atoms with Gasteiger partial charge >= 0.3 is 0 Å². The molecule has 0 aromatic carbocycles. The molecule has 92 valence electrons. The summed E-state index contributed by atoms with van der Waals surface area (Å²) >= 11 is 6.01. The van der Waals surface area contributed by atoms with Crippen LogP contribution in [0.1, 0.15) is 43.0 Å². The number of aromatic nitrogens is 1. The fourth-order valence-corrected chi connectivity index (χ4v) is 2.07. The van der Waals surface area contributed by atoms with E-state index in [-0.39, 0.29) is 5.91 Å². The number of amides is 1. The first-order valence-electron chi connectivity index (χ1n) is 6.14. The van der Waals surface area contributed by atoms with Gasteiger partial charge in [0.1, 0.15) is 0 Å². The Morgan fingerprint density at radius 2 is 2.35 bits per heavy atom. The lowest BCUT2D eigenvalue weighted by atomic mass is 10.2. The van der Waals surface area contributed by atoms with Crippen LogP contribution in [0.4, 0.5) is 0 Å². The number of carbonyl (C=O) groups is 1. The largest absolute Gasteiger partial charge is 0.336 e. The van der Waals surface area contributed by atoms with Gasteiger partial charge in [0, 0.05) is 25.0 Å². The summed E-state index contributed by atoms with van der Waals surface area (Å²) < 4.78 is 0. The third-order valence-electron chi connectivity index (χ3n) is 3.00. The highest BCUT2D eigenvalue weighted by molar-refractivity contribution is 6.33.